The number of nitrogens with one attached hydrogen (secondary N) is 1. The van der Waals surface area contributed by atoms with Gasteiger partial charge in [-0.15, -0.1) is 0 Å². The predicted octanol–water partition coefficient (Wildman–Crippen LogP) is 4.45. The molecule has 5 heteroatoms. The smallest absolute Gasteiger partial charge is 0.261 e. The third kappa shape index (κ3) is 5.58. The van der Waals surface area contributed by atoms with Crippen molar-refractivity contribution in [2.24, 2.45) is 0 Å². The number of nitrogens with zero attached hydrogens (tertiary/aromatic N) is 2. The van der Waals surface area contributed by atoms with E-state index < -0.39 is 0 Å². The molecular formula is C24H31N3O2. The normalized spacial score (nSPS) is 12.0. The Morgan fingerprint density at radius 2 is 1.90 bits per heavy atom. The van der Waals surface area contributed by atoms with Crippen LogP contribution in [-0.2, 0) is 14.9 Å². The van der Waals surface area contributed by atoms with Crippen molar-refractivity contribution in [2.45, 2.75) is 46.5 Å². The monoisotopic (exact) mass is 393 g/mol. The van der Waals surface area contributed by atoms with Gasteiger partial charge in [0.05, 0.1) is 0 Å². The summed E-state index contributed by atoms with van der Waals surface area (Å²) >= 11 is 0. The van der Waals surface area contributed by atoms with Crippen LogP contribution in [-0.4, -0.2) is 30.7 Å². The minimum absolute atomic E-state index is 0.103. The molecule has 154 valence electrons. The Bertz CT molecular complexity index is 923. The van der Waals surface area contributed by atoms with E-state index in [1.165, 1.54) is 5.56 Å². The first-order valence-corrected chi connectivity index (χ1v) is 9.88. The van der Waals surface area contributed by atoms with Crippen molar-refractivity contribution in [2.75, 3.05) is 20.3 Å². The van der Waals surface area contributed by atoms with Gasteiger partial charge in [-0.2, -0.15) is 5.26 Å². The molecule has 2 aromatic rings. The van der Waals surface area contributed by atoms with E-state index in [-0.39, 0.29) is 16.9 Å². The molecule has 1 aromatic carbocycles. The van der Waals surface area contributed by atoms with Gasteiger partial charge < -0.3 is 14.6 Å². The zero-order valence-corrected chi connectivity index (χ0v) is 18.3. The van der Waals surface area contributed by atoms with Gasteiger partial charge in [0.2, 0.25) is 0 Å². The summed E-state index contributed by atoms with van der Waals surface area (Å²) in [6.07, 6.45) is 2.37. The number of amides is 1. The molecule has 0 atom stereocenters. The Kier molecular flexibility index (Phi) is 7.41. The molecule has 0 bridgehead atoms. The van der Waals surface area contributed by atoms with Crippen molar-refractivity contribution in [3.05, 3.63) is 58.4 Å². The maximum absolute atomic E-state index is 12.3. The lowest BCUT2D eigenvalue weighted by atomic mass is 9.87. The molecule has 29 heavy (non-hydrogen) atoms. The van der Waals surface area contributed by atoms with E-state index in [1.54, 1.807) is 13.2 Å². The van der Waals surface area contributed by atoms with Gasteiger partial charge >= 0.3 is 0 Å². The summed E-state index contributed by atoms with van der Waals surface area (Å²) in [7, 11) is 1.62. The highest BCUT2D eigenvalue weighted by Gasteiger charge is 2.16. The maximum atomic E-state index is 12.3. The van der Waals surface area contributed by atoms with Gasteiger partial charge in [-0.05, 0) is 61.1 Å². The average molecular weight is 394 g/mol. The minimum Gasteiger partial charge on any atom is -0.385 e. The molecule has 0 saturated heterocycles. The maximum Gasteiger partial charge on any atom is 0.261 e. The molecule has 1 heterocycles. The molecule has 1 N–H and O–H groups in total. The second kappa shape index (κ2) is 9.58. The number of aromatic nitrogens is 1. The number of rotatable bonds is 7. The Hall–Kier alpha value is -2.84. The van der Waals surface area contributed by atoms with Gasteiger partial charge in [0.1, 0.15) is 11.6 Å². The zero-order chi connectivity index (χ0) is 21.6. The van der Waals surface area contributed by atoms with Crippen LogP contribution in [0.3, 0.4) is 0 Å². The topological polar surface area (TPSA) is 67.0 Å². The van der Waals surface area contributed by atoms with Crippen molar-refractivity contribution in [1.82, 2.24) is 9.88 Å². The van der Waals surface area contributed by atoms with E-state index in [2.05, 4.69) is 54.9 Å². The number of methoxy groups -OCH3 is 1. The van der Waals surface area contributed by atoms with Gasteiger partial charge in [-0.3, -0.25) is 4.79 Å². The Balaban J connectivity index is 2.29. The van der Waals surface area contributed by atoms with E-state index in [0.717, 1.165) is 22.6 Å². The summed E-state index contributed by atoms with van der Waals surface area (Å²) in [4.78, 5) is 12.3. The fourth-order valence-corrected chi connectivity index (χ4v) is 3.26. The van der Waals surface area contributed by atoms with Crippen molar-refractivity contribution >= 4 is 12.0 Å². The molecule has 0 unspecified atom stereocenters. The molecule has 0 aliphatic heterocycles. The molecule has 1 amide bonds. The number of ether oxygens (including phenoxy) is 1. The lowest BCUT2D eigenvalue weighted by Crippen LogP contribution is -2.26. The summed E-state index contributed by atoms with van der Waals surface area (Å²) in [5.41, 5.74) is 5.46. The third-order valence-corrected chi connectivity index (χ3v) is 4.94. The fourth-order valence-electron chi connectivity index (χ4n) is 3.26. The lowest BCUT2D eigenvalue weighted by Gasteiger charge is -2.20. The standard InChI is InChI=1S/C24H31N3O2/c1-17-14-19(15-20(16-25)23(28)26-12-7-13-29-6)18(2)27(17)22-10-8-21(9-11-22)24(3,4)5/h8-11,14-15H,7,12-13H2,1-6H3,(H,26,28)/b20-15+. The third-order valence-electron chi connectivity index (χ3n) is 4.94. The van der Waals surface area contributed by atoms with Crippen molar-refractivity contribution in [3.63, 3.8) is 0 Å². The Labute approximate surface area is 174 Å². The summed E-state index contributed by atoms with van der Waals surface area (Å²) in [6, 6.07) is 12.5. The van der Waals surface area contributed by atoms with Crippen LogP contribution in [0, 0.1) is 25.2 Å². The minimum atomic E-state index is -0.358. The zero-order valence-electron chi connectivity index (χ0n) is 18.3. The molecule has 1 aromatic heterocycles. The van der Waals surface area contributed by atoms with Crippen molar-refractivity contribution in [3.8, 4) is 11.8 Å². The van der Waals surface area contributed by atoms with Gasteiger partial charge in [0.15, 0.2) is 0 Å². The van der Waals surface area contributed by atoms with Crippen LogP contribution >= 0.6 is 0 Å². The number of carbonyl (C=O) groups is 1. The van der Waals surface area contributed by atoms with Crippen molar-refractivity contribution in [1.29, 1.82) is 5.26 Å². The Morgan fingerprint density at radius 3 is 2.45 bits per heavy atom. The molecule has 0 fully saturated rings. The first kappa shape index (κ1) is 22.4. The van der Waals surface area contributed by atoms with E-state index in [4.69, 9.17) is 4.74 Å². The highest BCUT2D eigenvalue weighted by molar-refractivity contribution is 6.01. The molecule has 5 nitrogen and oxygen atoms in total. The quantitative estimate of drug-likeness (QED) is 0.429. The van der Waals surface area contributed by atoms with E-state index in [1.807, 2.05) is 26.0 Å². The van der Waals surface area contributed by atoms with Crippen LogP contribution in [0.1, 0.15) is 49.7 Å². The van der Waals surface area contributed by atoms with Gasteiger partial charge in [-0.1, -0.05) is 32.9 Å². The number of benzene rings is 1. The number of carbonyl (C=O) groups excluding carboxylic acids is 1. The first-order valence-electron chi connectivity index (χ1n) is 9.88. The number of hydrogen-bond acceptors (Lipinski definition) is 3. The highest BCUT2D eigenvalue weighted by Crippen LogP contribution is 2.26. The molecule has 0 aliphatic rings. The van der Waals surface area contributed by atoms with Gasteiger partial charge in [-0.25, -0.2) is 0 Å². The number of hydrogen-bond donors (Lipinski definition) is 1. The summed E-state index contributed by atoms with van der Waals surface area (Å²) in [5.74, 6) is -0.358. The van der Waals surface area contributed by atoms with Crippen LogP contribution < -0.4 is 5.32 Å². The molecule has 2 rings (SSSR count). The number of aryl methyl sites for hydroxylation is 1. The van der Waals surface area contributed by atoms with Crippen molar-refractivity contribution < 1.29 is 9.53 Å². The van der Waals surface area contributed by atoms with E-state index >= 15 is 0 Å². The highest BCUT2D eigenvalue weighted by atomic mass is 16.5. The van der Waals surface area contributed by atoms with Crippen LogP contribution in [0.15, 0.2) is 35.9 Å². The molecule has 0 saturated carbocycles. The second-order valence-corrected chi connectivity index (χ2v) is 8.23. The summed E-state index contributed by atoms with van der Waals surface area (Å²) < 4.78 is 7.11. The van der Waals surface area contributed by atoms with Gasteiger partial charge in [0, 0.05) is 37.3 Å². The van der Waals surface area contributed by atoms with E-state index in [9.17, 15) is 10.1 Å². The van der Waals surface area contributed by atoms with Crippen LogP contribution in [0.4, 0.5) is 0 Å². The number of nitriles is 1. The average Bonchev–Trinajstić information content (AvgIpc) is 2.95. The molecule has 0 radical (unpaired) electrons. The summed E-state index contributed by atoms with van der Waals surface area (Å²) in [6.45, 7) is 11.7. The van der Waals surface area contributed by atoms with Crippen LogP contribution in [0.2, 0.25) is 0 Å². The Morgan fingerprint density at radius 1 is 1.24 bits per heavy atom. The second-order valence-electron chi connectivity index (χ2n) is 8.23. The summed E-state index contributed by atoms with van der Waals surface area (Å²) in [5, 5.41) is 12.2. The molecular weight excluding hydrogens is 362 g/mol. The van der Waals surface area contributed by atoms with Crippen LogP contribution in [0.5, 0.6) is 0 Å². The molecule has 0 spiro atoms. The first-order chi connectivity index (χ1) is 13.7. The van der Waals surface area contributed by atoms with Gasteiger partial charge in [0.25, 0.3) is 5.91 Å². The van der Waals surface area contributed by atoms with E-state index in [0.29, 0.717) is 19.6 Å². The van der Waals surface area contributed by atoms with Crippen LogP contribution in [0.25, 0.3) is 11.8 Å². The SMILES string of the molecule is COCCCNC(=O)/C(C#N)=C/c1cc(C)n(-c2ccc(C(C)(C)C)cc2)c1C. The fraction of sp³-hybridized carbons (Fsp3) is 0.417. The molecule has 0 aliphatic carbocycles. The largest absolute Gasteiger partial charge is 0.385 e. The lowest BCUT2D eigenvalue weighted by molar-refractivity contribution is -0.117. The predicted molar refractivity (Wildman–Crippen MR) is 117 cm³/mol.